The Morgan fingerprint density at radius 1 is 0.929 bits per heavy atom. The summed E-state index contributed by atoms with van der Waals surface area (Å²) in [6, 6.07) is 25.4. The van der Waals surface area contributed by atoms with Gasteiger partial charge in [0.25, 0.3) is 0 Å². The monoisotopic (exact) mass is 386 g/mol. The van der Waals surface area contributed by atoms with Gasteiger partial charge in [-0.2, -0.15) is 0 Å². The molecule has 0 bridgehead atoms. The van der Waals surface area contributed by atoms with Crippen molar-refractivity contribution in [3.63, 3.8) is 0 Å². The van der Waals surface area contributed by atoms with Gasteiger partial charge in [-0.1, -0.05) is 66.4 Å². The zero-order valence-corrected chi connectivity index (χ0v) is 15.8. The molecular formula is C22H18N4OS. The van der Waals surface area contributed by atoms with E-state index in [4.69, 9.17) is 4.98 Å². The van der Waals surface area contributed by atoms with Crippen LogP contribution in [0.15, 0.2) is 96.4 Å². The van der Waals surface area contributed by atoms with Crippen LogP contribution in [0.5, 0.6) is 0 Å². The number of anilines is 1. The molecule has 28 heavy (non-hydrogen) atoms. The van der Waals surface area contributed by atoms with Crippen LogP contribution in [-0.4, -0.2) is 26.2 Å². The molecule has 1 amide bonds. The first-order valence-corrected chi connectivity index (χ1v) is 9.82. The van der Waals surface area contributed by atoms with Crippen LogP contribution in [0.4, 0.5) is 5.82 Å². The molecule has 0 fully saturated rings. The first-order valence-electron chi connectivity index (χ1n) is 8.83. The van der Waals surface area contributed by atoms with Crippen LogP contribution in [0.25, 0.3) is 16.9 Å². The molecule has 1 N–H and O–H groups in total. The van der Waals surface area contributed by atoms with E-state index in [0.29, 0.717) is 5.82 Å². The van der Waals surface area contributed by atoms with Gasteiger partial charge in [0.05, 0.1) is 11.4 Å². The van der Waals surface area contributed by atoms with E-state index in [1.807, 2.05) is 83.6 Å². The highest BCUT2D eigenvalue weighted by atomic mass is 32.2. The second-order valence-corrected chi connectivity index (χ2v) is 6.97. The minimum atomic E-state index is -0.118. The molecule has 0 aliphatic heterocycles. The largest absolute Gasteiger partial charge is 0.310 e. The van der Waals surface area contributed by atoms with E-state index in [1.54, 1.807) is 12.3 Å². The summed E-state index contributed by atoms with van der Waals surface area (Å²) in [5.74, 6) is 0.673. The normalized spacial score (nSPS) is 10.6. The number of carbonyl (C=O) groups excluding carboxylic acids is 1. The molecule has 2 aromatic heterocycles. The number of pyridine rings is 1. The van der Waals surface area contributed by atoms with Crippen molar-refractivity contribution in [3.8, 4) is 16.9 Å². The maximum atomic E-state index is 12.3. The number of nitrogens with one attached hydrogen (secondary N) is 1. The Bertz CT molecular complexity index is 1050. The Balaban J connectivity index is 1.56. The first kappa shape index (κ1) is 18.0. The molecule has 0 aliphatic rings. The Hall–Kier alpha value is -3.38. The summed E-state index contributed by atoms with van der Waals surface area (Å²) in [5.41, 5.74) is 2.92. The number of aromatic nitrogens is 3. The van der Waals surface area contributed by atoms with E-state index >= 15 is 0 Å². The lowest BCUT2D eigenvalue weighted by Gasteiger charge is -2.07. The number of para-hydroxylation sites is 1. The lowest BCUT2D eigenvalue weighted by molar-refractivity contribution is -0.113. The molecule has 0 spiro atoms. The molecule has 0 radical (unpaired) electrons. The second kappa shape index (κ2) is 8.54. The van der Waals surface area contributed by atoms with Gasteiger partial charge in [-0.3, -0.25) is 9.36 Å². The van der Waals surface area contributed by atoms with E-state index < -0.39 is 0 Å². The first-order chi connectivity index (χ1) is 13.8. The smallest absolute Gasteiger partial charge is 0.236 e. The lowest BCUT2D eigenvalue weighted by Crippen LogP contribution is -2.15. The third-order valence-corrected chi connectivity index (χ3v) is 4.99. The van der Waals surface area contributed by atoms with E-state index in [2.05, 4.69) is 10.3 Å². The molecule has 0 atom stereocenters. The molecule has 0 aliphatic carbocycles. The van der Waals surface area contributed by atoms with Crippen molar-refractivity contribution in [2.75, 3.05) is 11.1 Å². The number of hydrogen-bond donors (Lipinski definition) is 1. The van der Waals surface area contributed by atoms with Gasteiger partial charge in [0.15, 0.2) is 5.16 Å². The van der Waals surface area contributed by atoms with Crippen LogP contribution >= 0.6 is 11.8 Å². The van der Waals surface area contributed by atoms with Crippen LogP contribution < -0.4 is 5.32 Å². The number of benzene rings is 2. The van der Waals surface area contributed by atoms with E-state index in [1.165, 1.54) is 11.8 Å². The van der Waals surface area contributed by atoms with Gasteiger partial charge in [-0.25, -0.2) is 9.97 Å². The van der Waals surface area contributed by atoms with Crippen molar-refractivity contribution in [3.05, 3.63) is 91.3 Å². The number of rotatable bonds is 6. The zero-order valence-electron chi connectivity index (χ0n) is 15.0. The standard InChI is InChI=1S/C22H18N4OS/c27-21(25-20-13-7-8-14-23-20)16-28-22-24-19(17-9-3-1-4-10-17)15-26(22)18-11-5-2-6-12-18/h1-15H,16H2,(H,23,25,27). The molecule has 5 nitrogen and oxygen atoms in total. The average Bonchev–Trinajstić information content (AvgIpc) is 3.19. The van der Waals surface area contributed by atoms with E-state index in [-0.39, 0.29) is 11.7 Å². The minimum Gasteiger partial charge on any atom is -0.310 e. The Morgan fingerprint density at radius 2 is 1.64 bits per heavy atom. The SMILES string of the molecule is O=C(CSc1nc(-c2ccccc2)cn1-c1ccccc1)Nc1ccccn1. The Labute approximate surface area is 167 Å². The highest BCUT2D eigenvalue weighted by molar-refractivity contribution is 7.99. The molecule has 2 aromatic carbocycles. The summed E-state index contributed by atoms with van der Waals surface area (Å²) in [6.45, 7) is 0. The molecule has 4 aromatic rings. The van der Waals surface area contributed by atoms with Crippen LogP contribution in [-0.2, 0) is 4.79 Å². The van der Waals surface area contributed by atoms with Crippen molar-refractivity contribution in [2.45, 2.75) is 5.16 Å². The Kier molecular flexibility index (Phi) is 5.49. The van der Waals surface area contributed by atoms with Gasteiger partial charge in [-0.05, 0) is 24.3 Å². The molecular weight excluding hydrogens is 368 g/mol. The van der Waals surface area contributed by atoms with Crippen LogP contribution in [0.1, 0.15) is 0 Å². The summed E-state index contributed by atoms with van der Waals surface area (Å²) < 4.78 is 2.01. The molecule has 138 valence electrons. The van der Waals surface area contributed by atoms with Crippen molar-refractivity contribution in [1.29, 1.82) is 0 Å². The third kappa shape index (κ3) is 4.29. The molecule has 2 heterocycles. The molecule has 0 saturated carbocycles. The van der Waals surface area contributed by atoms with Crippen LogP contribution in [0, 0.1) is 0 Å². The average molecular weight is 386 g/mol. The second-order valence-electron chi connectivity index (χ2n) is 6.03. The zero-order chi connectivity index (χ0) is 19.2. The summed E-state index contributed by atoms with van der Waals surface area (Å²) in [7, 11) is 0. The summed E-state index contributed by atoms with van der Waals surface area (Å²) in [6.07, 6.45) is 3.65. The summed E-state index contributed by atoms with van der Waals surface area (Å²) in [4.78, 5) is 21.2. The van der Waals surface area contributed by atoms with Crippen molar-refractivity contribution >= 4 is 23.5 Å². The van der Waals surface area contributed by atoms with Crippen molar-refractivity contribution in [1.82, 2.24) is 14.5 Å². The number of carbonyl (C=O) groups is 1. The summed E-state index contributed by atoms with van der Waals surface area (Å²) >= 11 is 1.40. The number of amides is 1. The molecule has 6 heteroatoms. The van der Waals surface area contributed by atoms with Crippen molar-refractivity contribution < 1.29 is 4.79 Å². The predicted octanol–water partition coefficient (Wildman–Crippen LogP) is 4.67. The van der Waals surface area contributed by atoms with E-state index in [9.17, 15) is 4.79 Å². The number of hydrogen-bond acceptors (Lipinski definition) is 4. The Morgan fingerprint density at radius 3 is 2.36 bits per heavy atom. The molecule has 4 rings (SSSR count). The van der Waals surface area contributed by atoms with Crippen LogP contribution in [0.3, 0.4) is 0 Å². The van der Waals surface area contributed by atoms with Gasteiger partial charge < -0.3 is 5.32 Å². The quantitative estimate of drug-likeness (QED) is 0.490. The lowest BCUT2D eigenvalue weighted by atomic mass is 10.2. The fourth-order valence-corrected chi connectivity index (χ4v) is 3.52. The maximum absolute atomic E-state index is 12.3. The predicted molar refractivity (Wildman–Crippen MR) is 113 cm³/mol. The number of nitrogens with zero attached hydrogens (tertiary/aromatic N) is 3. The summed E-state index contributed by atoms with van der Waals surface area (Å²) in [5, 5.41) is 3.57. The third-order valence-electron chi connectivity index (χ3n) is 4.04. The number of thioether (sulfide) groups is 1. The van der Waals surface area contributed by atoms with Crippen molar-refractivity contribution in [2.24, 2.45) is 0 Å². The number of imidazole rings is 1. The van der Waals surface area contributed by atoms with Gasteiger partial charge >= 0.3 is 0 Å². The fraction of sp³-hybridized carbons (Fsp3) is 0.0455. The molecule has 0 saturated heterocycles. The van der Waals surface area contributed by atoms with E-state index in [0.717, 1.165) is 22.1 Å². The van der Waals surface area contributed by atoms with Gasteiger partial charge in [0.2, 0.25) is 5.91 Å². The van der Waals surface area contributed by atoms with Gasteiger partial charge in [-0.15, -0.1) is 0 Å². The minimum absolute atomic E-state index is 0.118. The highest BCUT2D eigenvalue weighted by Crippen LogP contribution is 2.27. The van der Waals surface area contributed by atoms with Gasteiger partial charge in [0.1, 0.15) is 5.82 Å². The highest BCUT2D eigenvalue weighted by Gasteiger charge is 2.13. The topological polar surface area (TPSA) is 59.8 Å². The fourth-order valence-electron chi connectivity index (χ4n) is 2.73. The maximum Gasteiger partial charge on any atom is 0.236 e. The molecule has 0 unspecified atom stereocenters. The van der Waals surface area contributed by atoms with Crippen LogP contribution in [0.2, 0.25) is 0 Å². The van der Waals surface area contributed by atoms with Gasteiger partial charge in [0, 0.05) is 23.6 Å².